The Morgan fingerprint density at radius 2 is 1.57 bits per heavy atom. The molecule has 2 aromatic rings. The van der Waals surface area contributed by atoms with Crippen LogP contribution < -0.4 is 5.43 Å². The molecule has 0 aliphatic rings. The molecule has 2 N–H and O–H groups in total. The summed E-state index contributed by atoms with van der Waals surface area (Å²) in [6.45, 7) is 0.217. The number of benzene rings is 2. The highest BCUT2D eigenvalue weighted by atomic mass is 16.8. The maximum Gasteiger partial charge on any atom is 0.456 e. The molecular formula is C15H14N2O4. The number of nitrogens with one attached hydrogen (secondary N) is 1. The van der Waals surface area contributed by atoms with Crippen LogP contribution >= 0.6 is 0 Å². The number of rotatable bonds is 4. The number of hydroxylamine groups is 1. The molecule has 0 bridgehead atoms. The smallest absolute Gasteiger partial charge is 0.456 e. The van der Waals surface area contributed by atoms with Gasteiger partial charge in [-0.3, -0.25) is 0 Å². The van der Waals surface area contributed by atoms with Crippen molar-refractivity contribution in [3.8, 4) is 0 Å². The molecule has 108 valence electrons. The van der Waals surface area contributed by atoms with Gasteiger partial charge in [0.25, 0.3) is 0 Å². The topological polar surface area (TPSA) is 78.9 Å². The van der Waals surface area contributed by atoms with Gasteiger partial charge in [0.2, 0.25) is 0 Å². The van der Waals surface area contributed by atoms with Crippen LogP contribution in [0.2, 0.25) is 0 Å². The second-order valence-electron chi connectivity index (χ2n) is 4.14. The monoisotopic (exact) mass is 286 g/mol. The lowest BCUT2D eigenvalue weighted by Gasteiger charge is -2.18. The highest BCUT2D eigenvalue weighted by molar-refractivity contribution is 5.89. The quantitative estimate of drug-likeness (QED) is 0.844. The van der Waals surface area contributed by atoms with Crippen molar-refractivity contribution < 1.29 is 19.5 Å². The highest BCUT2D eigenvalue weighted by Crippen LogP contribution is 2.04. The van der Waals surface area contributed by atoms with E-state index < -0.39 is 12.1 Å². The molecule has 6 nitrogen and oxygen atoms in total. The third-order valence-corrected chi connectivity index (χ3v) is 2.63. The van der Waals surface area contributed by atoms with Crippen LogP contribution in [0.1, 0.15) is 15.9 Å². The van der Waals surface area contributed by atoms with Crippen LogP contribution in [0, 0.1) is 0 Å². The van der Waals surface area contributed by atoms with Gasteiger partial charge in [-0.05, 0) is 17.7 Å². The first-order valence-corrected chi connectivity index (χ1v) is 6.24. The van der Waals surface area contributed by atoms with Crippen molar-refractivity contribution in [3.05, 3.63) is 71.8 Å². The Kier molecular flexibility index (Phi) is 4.89. The predicted molar refractivity (Wildman–Crippen MR) is 75.0 cm³/mol. The first kappa shape index (κ1) is 14.5. The van der Waals surface area contributed by atoms with Gasteiger partial charge < -0.3 is 9.94 Å². The van der Waals surface area contributed by atoms with E-state index in [1.165, 1.54) is 0 Å². The van der Waals surface area contributed by atoms with Crippen molar-refractivity contribution in [2.45, 2.75) is 6.54 Å². The zero-order valence-corrected chi connectivity index (χ0v) is 11.1. The average molecular weight is 286 g/mol. The van der Waals surface area contributed by atoms with Crippen LogP contribution in [0.3, 0.4) is 0 Å². The summed E-state index contributed by atoms with van der Waals surface area (Å²) in [4.78, 5) is 27.7. The Morgan fingerprint density at radius 3 is 2.14 bits per heavy atom. The van der Waals surface area contributed by atoms with Crippen molar-refractivity contribution in [3.63, 3.8) is 0 Å². The molecule has 6 heteroatoms. The Hall–Kier alpha value is -2.86. The van der Waals surface area contributed by atoms with Crippen LogP contribution in [0.25, 0.3) is 0 Å². The Balaban J connectivity index is 1.96. The summed E-state index contributed by atoms with van der Waals surface area (Å²) >= 11 is 0. The van der Waals surface area contributed by atoms with E-state index in [0.717, 1.165) is 5.56 Å². The molecular weight excluding hydrogens is 272 g/mol. The summed E-state index contributed by atoms with van der Waals surface area (Å²) in [6, 6.07) is 17.3. The van der Waals surface area contributed by atoms with E-state index in [1.807, 2.05) is 30.3 Å². The minimum absolute atomic E-state index is 0.217. The Bertz CT molecular complexity index is 602. The molecule has 0 aromatic heterocycles. The van der Waals surface area contributed by atoms with Crippen LogP contribution in [-0.4, -0.2) is 22.3 Å². The standard InChI is InChI=1S/C15H14N2O4/c18-14(13-9-5-2-6-10-13)21-17(15(19)20)16-11-12-7-3-1-4-8-12/h1-10,16H,11H2,(H,19,20). The minimum Gasteiger partial charge on any atom is -0.462 e. The van der Waals surface area contributed by atoms with Crippen LogP contribution in [0.15, 0.2) is 60.7 Å². The Labute approximate surface area is 121 Å². The maximum atomic E-state index is 11.8. The van der Waals surface area contributed by atoms with Crippen molar-refractivity contribution in [2.75, 3.05) is 0 Å². The molecule has 2 aromatic carbocycles. The predicted octanol–water partition coefficient (Wildman–Crippen LogP) is 2.44. The molecule has 0 unspecified atom stereocenters. The first-order chi connectivity index (χ1) is 10.2. The van der Waals surface area contributed by atoms with Crippen molar-refractivity contribution >= 4 is 12.1 Å². The summed E-state index contributed by atoms with van der Waals surface area (Å²) in [5.74, 6) is -0.751. The van der Waals surface area contributed by atoms with Gasteiger partial charge in [0.05, 0.1) is 5.56 Å². The van der Waals surface area contributed by atoms with E-state index in [2.05, 4.69) is 5.43 Å². The van der Waals surface area contributed by atoms with Gasteiger partial charge in [-0.1, -0.05) is 53.7 Å². The third-order valence-electron chi connectivity index (χ3n) is 2.63. The fraction of sp³-hybridized carbons (Fsp3) is 0.0667. The van der Waals surface area contributed by atoms with E-state index >= 15 is 0 Å². The zero-order chi connectivity index (χ0) is 15.1. The number of carbonyl (C=O) groups is 2. The van der Waals surface area contributed by atoms with Gasteiger partial charge in [-0.2, -0.15) is 5.43 Å². The molecule has 0 saturated heterocycles. The minimum atomic E-state index is -1.41. The van der Waals surface area contributed by atoms with Crippen molar-refractivity contribution in [2.24, 2.45) is 0 Å². The van der Waals surface area contributed by atoms with E-state index in [-0.39, 0.29) is 12.1 Å². The fourth-order valence-electron chi connectivity index (χ4n) is 1.61. The van der Waals surface area contributed by atoms with Gasteiger partial charge in [0, 0.05) is 6.54 Å². The molecule has 0 aliphatic heterocycles. The molecule has 0 radical (unpaired) electrons. The van der Waals surface area contributed by atoms with E-state index in [1.54, 1.807) is 30.3 Å². The van der Waals surface area contributed by atoms with Crippen LogP contribution in [0.4, 0.5) is 4.79 Å². The number of hydrogen-bond acceptors (Lipinski definition) is 4. The molecule has 0 heterocycles. The second kappa shape index (κ2) is 7.06. The van der Waals surface area contributed by atoms with Gasteiger partial charge in [-0.15, -0.1) is 0 Å². The molecule has 0 spiro atoms. The highest BCUT2D eigenvalue weighted by Gasteiger charge is 2.18. The molecule has 0 saturated carbocycles. The zero-order valence-electron chi connectivity index (χ0n) is 11.1. The maximum absolute atomic E-state index is 11.8. The number of carbonyl (C=O) groups excluding carboxylic acids is 1. The summed E-state index contributed by atoms with van der Waals surface area (Å²) in [5, 5.41) is 9.44. The van der Waals surface area contributed by atoms with E-state index in [4.69, 9.17) is 9.94 Å². The summed E-state index contributed by atoms with van der Waals surface area (Å²) in [5.41, 5.74) is 3.66. The SMILES string of the molecule is O=C(ON(NCc1ccccc1)C(=O)O)c1ccccc1. The van der Waals surface area contributed by atoms with Gasteiger partial charge >= 0.3 is 12.1 Å². The van der Waals surface area contributed by atoms with E-state index in [0.29, 0.717) is 5.17 Å². The largest absolute Gasteiger partial charge is 0.462 e. The summed E-state index contributed by atoms with van der Waals surface area (Å²) in [6.07, 6.45) is -1.41. The molecule has 0 fully saturated rings. The van der Waals surface area contributed by atoms with Gasteiger partial charge in [0.15, 0.2) is 0 Å². The van der Waals surface area contributed by atoms with E-state index in [9.17, 15) is 9.59 Å². The lowest BCUT2D eigenvalue weighted by atomic mass is 10.2. The Morgan fingerprint density at radius 1 is 1.00 bits per heavy atom. The van der Waals surface area contributed by atoms with Crippen molar-refractivity contribution in [1.82, 2.24) is 10.6 Å². The number of amides is 1. The molecule has 21 heavy (non-hydrogen) atoms. The molecule has 2 rings (SSSR count). The normalized spacial score (nSPS) is 9.90. The second-order valence-corrected chi connectivity index (χ2v) is 4.14. The van der Waals surface area contributed by atoms with Crippen LogP contribution in [-0.2, 0) is 11.4 Å². The third kappa shape index (κ3) is 4.32. The molecule has 1 amide bonds. The summed E-state index contributed by atoms with van der Waals surface area (Å²) < 4.78 is 0. The number of nitrogens with zero attached hydrogens (tertiary/aromatic N) is 1. The molecule has 0 aliphatic carbocycles. The fourth-order valence-corrected chi connectivity index (χ4v) is 1.61. The molecule has 0 atom stereocenters. The number of carboxylic acid groups (broad SMARTS) is 1. The van der Waals surface area contributed by atoms with Crippen LogP contribution in [0.5, 0.6) is 0 Å². The lowest BCUT2D eigenvalue weighted by Crippen LogP contribution is -2.43. The summed E-state index contributed by atoms with van der Waals surface area (Å²) in [7, 11) is 0. The first-order valence-electron chi connectivity index (χ1n) is 6.24. The van der Waals surface area contributed by atoms with Gasteiger partial charge in [-0.25, -0.2) is 9.59 Å². The van der Waals surface area contributed by atoms with Crippen molar-refractivity contribution in [1.29, 1.82) is 0 Å². The number of hydrazine groups is 1. The lowest BCUT2D eigenvalue weighted by molar-refractivity contribution is -0.121. The average Bonchev–Trinajstić information content (AvgIpc) is 2.52. The number of hydrogen-bond donors (Lipinski definition) is 2. The van der Waals surface area contributed by atoms with Gasteiger partial charge in [0.1, 0.15) is 0 Å².